The van der Waals surface area contributed by atoms with Crippen LogP contribution in [0.5, 0.6) is 0 Å². The molecule has 108 valence electrons. The molecule has 0 spiro atoms. The minimum Gasteiger partial charge on any atom is -0.374 e. The van der Waals surface area contributed by atoms with Crippen molar-refractivity contribution in [2.24, 2.45) is 5.92 Å². The number of hydrogen-bond donors (Lipinski definition) is 1. The van der Waals surface area contributed by atoms with Crippen LogP contribution in [-0.4, -0.2) is 19.1 Å². The Bertz CT molecular complexity index is 377. The number of nitrogens with zero attached hydrogens (tertiary/aromatic N) is 1. The standard InChI is InChI=1S/C17H30N2/c1-14(2)11-12-19(6)16-10-8-7-9-15(16)13-18-17(3,4)5/h7-10,14,18H,11-13H2,1-6H3. The third kappa shape index (κ3) is 6.11. The summed E-state index contributed by atoms with van der Waals surface area (Å²) in [6.07, 6.45) is 1.23. The highest BCUT2D eigenvalue weighted by Gasteiger charge is 2.12. The van der Waals surface area contributed by atoms with Crippen molar-refractivity contribution in [1.29, 1.82) is 0 Å². The second kappa shape index (κ2) is 6.95. The molecule has 0 saturated carbocycles. The van der Waals surface area contributed by atoms with Gasteiger partial charge in [0.15, 0.2) is 0 Å². The minimum atomic E-state index is 0.156. The number of rotatable bonds is 6. The summed E-state index contributed by atoms with van der Waals surface area (Å²) in [5.74, 6) is 0.752. The Kier molecular flexibility index (Phi) is 5.86. The largest absolute Gasteiger partial charge is 0.374 e. The molecule has 1 rings (SSSR count). The van der Waals surface area contributed by atoms with E-state index in [1.165, 1.54) is 17.7 Å². The van der Waals surface area contributed by atoms with Crippen LogP contribution in [0.1, 0.15) is 46.6 Å². The monoisotopic (exact) mass is 262 g/mol. The predicted octanol–water partition coefficient (Wildman–Crippen LogP) is 4.06. The maximum atomic E-state index is 3.57. The lowest BCUT2D eigenvalue weighted by molar-refractivity contribution is 0.424. The fraction of sp³-hybridized carbons (Fsp3) is 0.647. The van der Waals surface area contributed by atoms with Crippen molar-refractivity contribution < 1.29 is 0 Å². The molecule has 0 bridgehead atoms. The van der Waals surface area contributed by atoms with Gasteiger partial charge in [0.2, 0.25) is 0 Å². The van der Waals surface area contributed by atoms with Crippen LogP contribution in [0.3, 0.4) is 0 Å². The molecule has 0 aliphatic rings. The fourth-order valence-corrected chi connectivity index (χ4v) is 1.97. The molecule has 0 aromatic heterocycles. The van der Waals surface area contributed by atoms with Crippen molar-refractivity contribution >= 4 is 5.69 Å². The first kappa shape index (κ1) is 16.0. The number of anilines is 1. The molecule has 0 aliphatic carbocycles. The van der Waals surface area contributed by atoms with Crippen molar-refractivity contribution in [1.82, 2.24) is 5.32 Å². The first-order chi connectivity index (χ1) is 8.79. The second-order valence-electron chi connectivity index (χ2n) is 6.84. The highest BCUT2D eigenvalue weighted by atomic mass is 15.1. The molecule has 1 aromatic carbocycles. The van der Waals surface area contributed by atoms with Crippen LogP contribution in [0, 0.1) is 5.92 Å². The third-order valence-corrected chi connectivity index (χ3v) is 3.25. The highest BCUT2D eigenvalue weighted by molar-refractivity contribution is 5.53. The fourth-order valence-electron chi connectivity index (χ4n) is 1.97. The maximum absolute atomic E-state index is 3.57. The molecule has 19 heavy (non-hydrogen) atoms. The topological polar surface area (TPSA) is 15.3 Å². The summed E-state index contributed by atoms with van der Waals surface area (Å²) in [5, 5.41) is 3.57. The molecule has 2 nitrogen and oxygen atoms in total. The van der Waals surface area contributed by atoms with Gasteiger partial charge in [0.1, 0.15) is 0 Å². The van der Waals surface area contributed by atoms with E-state index in [2.05, 4.69) is 76.1 Å². The van der Waals surface area contributed by atoms with E-state index >= 15 is 0 Å². The van der Waals surface area contributed by atoms with Gasteiger partial charge in [0, 0.05) is 31.4 Å². The Morgan fingerprint density at radius 2 is 1.79 bits per heavy atom. The first-order valence-corrected chi connectivity index (χ1v) is 7.33. The van der Waals surface area contributed by atoms with Crippen molar-refractivity contribution in [2.45, 2.75) is 53.1 Å². The van der Waals surface area contributed by atoms with E-state index in [0.717, 1.165) is 19.0 Å². The van der Waals surface area contributed by atoms with Crippen LogP contribution in [0.2, 0.25) is 0 Å². The Hall–Kier alpha value is -1.02. The summed E-state index contributed by atoms with van der Waals surface area (Å²) in [6, 6.07) is 8.70. The molecular weight excluding hydrogens is 232 g/mol. The smallest absolute Gasteiger partial charge is 0.0409 e. The molecule has 1 aromatic rings. The number of para-hydroxylation sites is 1. The van der Waals surface area contributed by atoms with Crippen molar-refractivity contribution in [3.63, 3.8) is 0 Å². The summed E-state index contributed by atoms with van der Waals surface area (Å²) in [7, 11) is 2.19. The molecule has 0 saturated heterocycles. The molecule has 0 unspecified atom stereocenters. The van der Waals surface area contributed by atoms with Gasteiger partial charge in [-0.3, -0.25) is 0 Å². The average molecular weight is 262 g/mol. The average Bonchev–Trinajstić information content (AvgIpc) is 2.33. The quantitative estimate of drug-likeness (QED) is 0.832. The van der Waals surface area contributed by atoms with Crippen LogP contribution in [0.4, 0.5) is 5.69 Å². The molecule has 0 radical (unpaired) electrons. The van der Waals surface area contributed by atoms with Crippen molar-refractivity contribution in [3.8, 4) is 0 Å². The van der Waals surface area contributed by atoms with Crippen LogP contribution >= 0.6 is 0 Å². The zero-order valence-electron chi connectivity index (χ0n) is 13.5. The zero-order chi connectivity index (χ0) is 14.5. The zero-order valence-corrected chi connectivity index (χ0v) is 13.5. The molecule has 0 atom stereocenters. The maximum Gasteiger partial charge on any atom is 0.0409 e. The third-order valence-electron chi connectivity index (χ3n) is 3.25. The molecular formula is C17H30N2. The molecule has 0 heterocycles. The Labute approximate surface area is 119 Å². The highest BCUT2D eigenvalue weighted by Crippen LogP contribution is 2.20. The van der Waals surface area contributed by atoms with E-state index < -0.39 is 0 Å². The molecule has 0 fully saturated rings. The minimum absolute atomic E-state index is 0.156. The van der Waals surface area contributed by atoms with E-state index in [4.69, 9.17) is 0 Å². The van der Waals surface area contributed by atoms with Gasteiger partial charge >= 0.3 is 0 Å². The van der Waals surface area contributed by atoms with E-state index in [9.17, 15) is 0 Å². The van der Waals surface area contributed by atoms with Crippen LogP contribution in [0.15, 0.2) is 24.3 Å². The van der Waals surface area contributed by atoms with Gasteiger partial charge < -0.3 is 10.2 Å². The molecule has 2 heteroatoms. The van der Waals surface area contributed by atoms with Gasteiger partial charge in [-0.2, -0.15) is 0 Å². The molecule has 1 N–H and O–H groups in total. The Morgan fingerprint density at radius 1 is 1.16 bits per heavy atom. The normalized spacial score (nSPS) is 11.9. The molecule has 0 aliphatic heterocycles. The molecule has 0 amide bonds. The van der Waals surface area contributed by atoms with Gasteiger partial charge in [0.05, 0.1) is 0 Å². The lowest BCUT2D eigenvalue weighted by Gasteiger charge is -2.26. The summed E-state index contributed by atoms with van der Waals surface area (Å²) < 4.78 is 0. The van der Waals surface area contributed by atoms with Crippen LogP contribution in [-0.2, 0) is 6.54 Å². The van der Waals surface area contributed by atoms with Crippen molar-refractivity contribution in [3.05, 3.63) is 29.8 Å². The van der Waals surface area contributed by atoms with Crippen LogP contribution in [0.25, 0.3) is 0 Å². The van der Waals surface area contributed by atoms with E-state index in [1.54, 1.807) is 0 Å². The first-order valence-electron chi connectivity index (χ1n) is 7.33. The summed E-state index contributed by atoms with van der Waals surface area (Å²) in [4.78, 5) is 2.37. The van der Waals surface area contributed by atoms with E-state index in [-0.39, 0.29) is 5.54 Å². The lowest BCUT2D eigenvalue weighted by atomic mass is 10.1. The van der Waals surface area contributed by atoms with E-state index in [1.807, 2.05) is 0 Å². The summed E-state index contributed by atoms with van der Waals surface area (Å²) >= 11 is 0. The SMILES string of the molecule is CC(C)CCN(C)c1ccccc1CNC(C)(C)C. The Balaban J connectivity index is 2.72. The van der Waals surface area contributed by atoms with Crippen LogP contribution < -0.4 is 10.2 Å². The number of nitrogens with one attached hydrogen (secondary N) is 1. The van der Waals surface area contributed by atoms with E-state index in [0.29, 0.717) is 0 Å². The second-order valence-corrected chi connectivity index (χ2v) is 6.84. The summed E-state index contributed by atoms with van der Waals surface area (Å²) in [5.41, 5.74) is 2.88. The van der Waals surface area contributed by atoms with Gasteiger partial charge in [-0.1, -0.05) is 32.0 Å². The van der Waals surface area contributed by atoms with Crippen molar-refractivity contribution in [2.75, 3.05) is 18.5 Å². The number of hydrogen-bond acceptors (Lipinski definition) is 2. The van der Waals surface area contributed by atoms with Gasteiger partial charge in [-0.25, -0.2) is 0 Å². The van der Waals surface area contributed by atoms with Gasteiger partial charge in [0.25, 0.3) is 0 Å². The Morgan fingerprint density at radius 3 is 2.37 bits per heavy atom. The lowest BCUT2D eigenvalue weighted by Crippen LogP contribution is -2.35. The summed E-state index contributed by atoms with van der Waals surface area (Å²) in [6.45, 7) is 13.2. The predicted molar refractivity (Wildman–Crippen MR) is 85.8 cm³/mol. The van der Waals surface area contributed by atoms with Gasteiger partial charge in [-0.05, 0) is 44.7 Å². The number of benzene rings is 1. The van der Waals surface area contributed by atoms with Gasteiger partial charge in [-0.15, -0.1) is 0 Å².